The molecule has 0 radical (unpaired) electrons. The monoisotopic (exact) mass is 233 g/mol. The van der Waals surface area contributed by atoms with E-state index in [2.05, 4.69) is 5.10 Å². The topological polar surface area (TPSA) is 43.8 Å². The Morgan fingerprint density at radius 2 is 2.00 bits per heavy atom. The number of hydrogen-bond acceptors (Lipinski definition) is 2. The fourth-order valence-corrected chi connectivity index (χ4v) is 1.90. The van der Waals surface area contributed by atoms with Gasteiger partial charge in [0.2, 0.25) is 0 Å². The second kappa shape index (κ2) is 5.10. The normalized spacial score (nSPS) is 12.6. The summed E-state index contributed by atoms with van der Waals surface area (Å²) >= 11 is 0. The van der Waals surface area contributed by atoms with Crippen LogP contribution in [0, 0.1) is 5.82 Å². The van der Waals surface area contributed by atoms with Gasteiger partial charge < -0.3 is 5.73 Å². The molecule has 0 amide bonds. The maximum absolute atomic E-state index is 12.8. The Kier molecular flexibility index (Phi) is 3.54. The Hall–Kier alpha value is -1.68. The molecule has 0 aliphatic rings. The first-order valence-electron chi connectivity index (χ1n) is 5.72. The molecule has 2 aromatic rings. The first-order chi connectivity index (χ1) is 8.20. The molecule has 0 saturated carbocycles. The second-order valence-electron chi connectivity index (χ2n) is 4.01. The van der Waals surface area contributed by atoms with Crippen molar-refractivity contribution in [1.82, 2.24) is 9.78 Å². The fraction of sp³-hybridized carbons (Fsp3) is 0.308. The standard InChI is InChI=1S/C13H16FN3/c1-2-17-13(7-8-16-17)12(15)9-10-3-5-11(14)6-4-10/h3-8,12H,2,9,15H2,1H3. The van der Waals surface area contributed by atoms with Crippen LogP contribution < -0.4 is 5.73 Å². The third-order valence-corrected chi connectivity index (χ3v) is 2.80. The van der Waals surface area contributed by atoms with E-state index in [-0.39, 0.29) is 11.9 Å². The molecule has 0 saturated heterocycles. The molecule has 17 heavy (non-hydrogen) atoms. The van der Waals surface area contributed by atoms with Gasteiger partial charge >= 0.3 is 0 Å². The number of nitrogens with two attached hydrogens (primary N) is 1. The van der Waals surface area contributed by atoms with Crippen molar-refractivity contribution in [3.8, 4) is 0 Å². The van der Waals surface area contributed by atoms with Gasteiger partial charge in [0.25, 0.3) is 0 Å². The van der Waals surface area contributed by atoms with Crippen LogP contribution in [0.3, 0.4) is 0 Å². The Morgan fingerprint density at radius 3 is 2.65 bits per heavy atom. The van der Waals surface area contributed by atoms with E-state index in [1.165, 1.54) is 12.1 Å². The Balaban J connectivity index is 2.11. The van der Waals surface area contributed by atoms with Gasteiger partial charge in [-0.05, 0) is 37.1 Å². The van der Waals surface area contributed by atoms with Crippen LogP contribution in [0.1, 0.15) is 24.2 Å². The molecule has 2 N–H and O–H groups in total. The summed E-state index contributed by atoms with van der Waals surface area (Å²) in [5.74, 6) is -0.221. The van der Waals surface area contributed by atoms with Crippen molar-refractivity contribution < 1.29 is 4.39 Å². The van der Waals surface area contributed by atoms with Gasteiger partial charge in [0.05, 0.1) is 11.7 Å². The highest BCUT2D eigenvalue weighted by Crippen LogP contribution is 2.16. The lowest BCUT2D eigenvalue weighted by Gasteiger charge is -2.13. The van der Waals surface area contributed by atoms with E-state index in [1.54, 1.807) is 18.3 Å². The van der Waals surface area contributed by atoms with Crippen LogP contribution in [0.25, 0.3) is 0 Å². The van der Waals surface area contributed by atoms with Gasteiger partial charge in [0.1, 0.15) is 5.82 Å². The molecule has 1 unspecified atom stereocenters. The van der Waals surface area contributed by atoms with Crippen molar-refractivity contribution in [2.75, 3.05) is 0 Å². The van der Waals surface area contributed by atoms with E-state index in [0.717, 1.165) is 17.8 Å². The van der Waals surface area contributed by atoms with Crippen LogP contribution in [0.5, 0.6) is 0 Å². The quantitative estimate of drug-likeness (QED) is 0.880. The minimum Gasteiger partial charge on any atom is -0.322 e. The minimum absolute atomic E-state index is 0.108. The zero-order chi connectivity index (χ0) is 12.3. The number of halogens is 1. The number of rotatable bonds is 4. The third kappa shape index (κ3) is 2.71. The molecule has 0 bridgehead atoms. The molecular formula is C13H16FN3. The van der Waals surface area contributed by atoms with E-state index in [1.807, 2.05) is 17.7 Å². The summed E-state index contributed by atoms with van der Waals surface area (Å²) in [5, 5.41) is 4.19. The number of nitrogens with zero attached hydrogens (tertiary/aromatic N) is 2. The number of benzene rings is 1. The highest BCUT2D eigenvalue weighted by molar-refractivity contribution is 5.19. The third-order valence-electron chi connectivity index (χ3n) is 2.80. The van der Waals surface area contributed by atoms with Crippen molar-refractivity contribution in [2.45, 2.75) is 25.9 Å². The van der Waals surface area contributed by atoms with Gasteiger partial charge in [-0.2, -0.15) is 5.10 Å². The molecule has 1 heterocycles. The summed E-state index contributed by atoms with van der Waals surface area (Å²) in [7, 11) is 0. The first kappa shape index (κ1) is 11.8. The average Bonchev–Trinajstić information content (AvgIpc) is 2.80. The van der Waals surface area contributed by atoms with Gasteiger partial charge in [0, 0.05) is 12.7 Å². The van der Waals surface area contributed by atoms with Gasteiger partial charge in [0.15, 0.2) is 0 Å². The molecule has 0 spiro atoms. The van der Waals surface area contributed by atoms with Crippen LogP contribution in [-0.4, -0.2) is 9.78 Å². The van der Waals surface area contributed by atoms with Crippen molar-refractivity contribution in [2.24, 2.45) is 5.73 Å². The lowest BCUT2D eigenvalue weighted by atomic mass is 10.0. The number of hydrogen-bond donors (Lipinski definition) is 1. The summed E-state index contributed by atoms with van der Waals surface area (Å²) in [5.41, 5.74) is 8.17. The summed E-state index contributed by atoms with van der Waals surface area (Å²) < 4.78 is 14.7. The van der Waals surface area contributed by atoms with Gasteiger partial charge in [-0.25, -0.2) is 4.39 Å². The Morgan fingerprint density at radius 1 is 1.29 bits per heavy atom. The van der Waals surface area contributed by atoms with Crippen molar-refractivity contribution >= 4 is 0 Å². The summed E-state index contributed by atoms with van der Waals surface area (Å²) in [4.78, 5) is 0. The predicted molar refractivity (Wildman–Crippen MR) is 64.9 cm³/mol. The van der Waals surface area contributed by atoms with Crippen molar-refractivity contribution in [3.63, 3.8) is 0 Å². The lowest BCUT2D eigenvalue weighted by Crippen LogP contribution is -2.18. The first-order valence-corrected chi connectivity index (χ1v) is 5.72. The van der Waals surface area contributed by atoms with Crippen LogP contribution in [-0.2, 0) is 13.0 Å². The molecule has 4 heteroatoms. The minimum atomic E-state index is -0.221. The molecule has 3 nitrogen and oxygen atoms in total. The van der Waals surface area contributed by atoms with E-state index >= 15 is 0 Å². The predicted octanol–water partition coefficient (Wildman–Crippen LogP) is 2.28. The van der Waals surface area contributed by atoms with Crippen LogP contribution in [0.4, 0.5) is 4.39 Å². The van der Waals surface area contributed by atoms with Crippen molar-refractivity contribution in [1.29, 1.82) is 0 Å². The van der Waals surface area contributed by atoms with Gasteiger partial charge in [-0.15, -0.1) is 0 Å². The molecule has 1 aromatic carbocycles. The maximum atomic E-state index is 12.8. The van der Waals surface area contributed by atoms with Gasteiger partial charge in [-0.3, -0.25) is 4.68 Å². The second-order valence-corrected chi connectivity index (χ2v) is 4.01. The Bertz CT molecular complexity index is 476. The van der Waals surface area contributed by atoms with E-state index < -0.39 is 0 Å². The van der Waals surface area contributed by atoms with Crippen LogP contribution >= 0.6 is 0 Å². The van der Waals surface area contributed by atoms with Gasteiger partial charge in [-0.1, -0.05) is 12.1 Å². The zero-order valence-electron chi connectivity index (χ0n) is 9.81. The molecule has 2 rings (SSSR count). The fourth-order valence-electron chi connectivity index (χ4n) is 1.90. The van der Waals surface area contributed by atoms with Crippen LogP contribution in [0.15, 0.2) is 36.5 Å². The molecule has 1 aromatic heterocycles. The van der Waals surface area contributed by atoms with Crippen LogP contribution in [0.2, 0.25) is 0 Å². The molecular weight excluding hydrogens is 217 g/mol. The maximum Gasteiger partial charge on any atom is 0.123 e. The highest BCUT2D eigenvalue weighted by Gasteiger charge is 2.11. The smallest absolute Gasteiger partial charge is 0.123 e. The highest BCUT2D eigenvalue weighted by atomic mass is 19.1. The largest absolute Gasteiger partial charge is 0.322 e. The summed E-state index contributed by atoms with van der Waals surface area (Å²) in [6.45, 7) is 2.83. The van der Waals surface area contributed by atoms with Crippen molar-refractivity contribution in [3.05, 3.63) is 53.6 Å². The number of aryl methyl sites for hydroxylation is 1. The number of aromatic nitrogens is 2. The summed E-state index contributed by atoms with van der Waals surface area (Å²) in [6.07, 6.45) is 2.44. The molecule has 90 valence electrons. The molecule has 0 fully saturated rings. The van der Waals surface area contributed by atoms with E-state index in [9.17, 15) is 4.39 Å². The summed E-state index contributed by atoms with van der Waals surface area (Å²) in [6, 6.07) is 8.27. The SMILES string of the molecule is CCn1nccc1C(N)Cc1ccc(F)cc1. The Labute approximate surface area is 100 Å². The van der Waals surface area contributed by atoms with E-state index in [0.29, 0.717) is 6.42 Å². The zero-order valence-corrected chi connectivity index (χ0v) is 9.81. The lowest BCUT2D eigenvalue weighted by molar-refractivity contribution is 0.568. The van der Waals surface area contributed by atoms with E-state index in [4.69, 9.17) is 5.73 Å². The molecule has 0 aliphatic carbocycles. The average molecular weight is 233 g/mol. The molecule has 0 aliphatic heterocycles. The molecule has 1 atom stereocenters.